The Bertz CT molecular complexity index is 1250. The molecule has 2 bridgehead atoms. The van der Waals surface area contributed by atoms with Crippen molar-refractivity contribution < 1.29 is 49.0 Å². The zero-order valence-electron chi connectivity index (χ0n) is 20.3. The molecule has 1 aromatic heterocycles. The van der Waals surface area contributed by atoms with Gasteiger partial charge in [-0.1, -0.05) is 12.2 Å². The molecule has 2 aliphatic heterocycles. The Kier molecular flexibility index (Phi) is 6.53. The maximum Gasteiger partial charge on any atom is 0.333 e. The number of fused-ring (bicyclic) bond motifs is 2. The zero-order valence-corrected chi connectivity index (χ0v) is 20.3. The lowest BCUT2D eigenvalue weighted by Crippen LogP contribution is -2.77. The number of hydrogen-bond acceptors (Lipinski definition) is 9. The van der Waals surface area contributed by atoms with E-state index < -0.39 is 66.2 Å². The molecule has 0 unspecified atom stereocenters. The second kappa shape index (κ2) is 9.41. The monoisotopic (exact) mass is 517 g/mol. The number of carbonyl (C=O) groups excluding carboxylic acids is 1. The summed E-state index contributed by atoms with van der Waals surface area (Å²) in [6, 6.07) is 1.85. The molecule has 200 valence electrons. The standard InChI is InChI=1S/C26H31NO10/c1-3-13-16(10-21(29)30)14(22(31)34-2)4-5-19(13)36-24-25(33)8-6-17-15-7-9-27-18(15)12-35-26(17,23(25)32)20(11-28)37-24/h3-4,7,9,12-13,16,19-20,23-24,27-28,32-33H,1,5-6,8,10-11H2,2H3,(H,29,30)/t13-,16+,19-,20-,23-,24-,25-,26-/m1/s1. The van der Waals surface area contributed by atoms with Crippen LogP contribution in [-0.2, 0) is 28.5 Å². The number of methoxy groups -OCH3 is 1. The lowest BCUT2D eigenvalue weighted by molar-refractivity contribution is -0.371. The van der Waals surface area contributed by atoms with Crippen LogP contribution in [0.3, 0.4) is 0 Å². The van der Waals surface area contributed by atoms with Crippen molar-refractivity contribution in [3.8, 4) is 0 Å². The summed E-state index contributed by atoms with van der Waals surface area (Å²) in [4.78, 5) is 27.0. The number of aromatic nitrogens is 1. The van der Waals surface area contributed by atoms with Crippen molar-refractivity contribution >= 4 is 23.8 Å². The van der Waals surface area contributed by atoms with Gasteiger partial charge in [-0.05, 0) is 30.9 Å². The molecule has 2 fully saturated rings. The Morgan fingerprint density at radius 3 is 2.84 bits per heavy atom. The van der Waals surface area contributed by atoms with Crippen LogP contribution in [-0.4, -0.2) is 86.9 Å². The molecule has 8 atom stereocenters. The first-order valence-corrected chi connectivity index (χ1v) is 12.2. The van der Waals surface area contributed by atoms with Crippen molar-refractivity contribution in [2.45, 2.75) is 61.5 Å². The number of nitrogens with one attached hydrogen (secondary N) is 1. The minimum absolute atomic E-state index is 0.0926. The number of aliphatic hydroxyl groups is 3. The topological polar surface area (TPSA) is 168 Å². The van der Waals surface area contributed by atoms with E-state index in [1.54, 1.807) is 12.3 Å². The van der Waals surface area contributed by atoms with Crippen molar-refractivity contribution in [1.82, 2.24) is 4.98 Å². The zero-order chi connectivity index (χ0) is 26.5. The van der Waals surface area contributed by atoms with Gasteiger partial charge in [0.15, 0.2) is 11.9 Å². The Balaban J connectivity index is 1.48. The van der Waals surface area contributed by atoms with Gasteiger partial charge in [0.1, 0.15) is 24.1 Å². The summed E-state index contributed by atoms with van der Waals surface area (Å²) in [5, 5.41) is 44.6. The van der Waals surface area contributed by atoms with Crippen LogP contribution in [0.15, 0.2) is 36.6 Å². The Morgan fingerprint density at radius 1 is 1.38 bits per heavy atom. The van der Waals surface area contributed by atoms with E-state index >= 15 is 0 Å². The van der Waals surface area contributed by atoms with Crippen LogP contribution in [0, 0.1) is 11.8 Å². The van der Waals surface area contributed by atoms with Gasteiger partial charge in [0.25, 0.3) is 0 Å². The lowest BCUT2D eigenvalue weighted by Gasteiger charge is -2.59. The molecule has 1 aromatic rings. The second-order valence-electron chi connectivity index (χ2n) is 9.92. The van der Waals surface area contributed by atoms with Crippen LogP contribution < -0.4 is 10.6 Å². The molecule has 5 N–H and O–H groups in total. The molecule has 1 saturated heterocycles. The molecule has 11 heteroatoms. The van der Waals surface area contributed by atoms with Gasteiger partial charge in [0.05, 0.1) is 31.6 Å². The van der Waals surface area contributed by atoms with E-state index in [0.717, 1.165) is 16.1 Å². The van der Waals surface area contributed by atoms with Crippen LogP contribution >= 0.6 is 0 Å². The highest BCUT2D eigenvalue weighted by molar-refractivity contribution is 5.90. The molecule has 0 radical (unpaired) electrons. The van der Waals surface area contributed by atoms with E-state index in [-0.39, 0.29) is 24.8 Å². The second-order valence-corrected chi connectivity index (χ2v) is 9.92. The summed E-state index contributed by atoms with van der Waals surface area (Å²) >= 11 is 0. The largest absolute Gasteiger partial charge is 0.483 e. The molecule has 0 amide bonds. The highest BCUT2D eigenvalue weighted by Gasteiger charge is 2.69. The summed E-state index contributed by atoms with van der Waals surface area (Å²) in [5.74, 6) is -3.15. The normalized spacial score (nSPS) is 38.3. The maximum absolute atomic E-state index is 12.3. The first-order valence-electron chi connectivity index (χ1n) is 12.2. The van der Waals surface area contributed by atoms with Crippen molar-refractivity contribution in [2.24, 2.45) is 11.8 Å². The number of carbonyl (C=O) groups is 2. The number of aliphatic carboxylic acids is 1. The van der Waals surface area contributed by atoms with Crippen molar-refractivity contribution in [3.63, 3.8) is 0 Å². The SMILES string of the molecule is C=C[C@@H]1[C@H](CC(=O)O)C(C(=O)OC)=CC[C@H]1O[C@@H]1O[C@H](CO)[C@]23OC=c4[nH]ccc4=C2CC[C@@]1(O)[C@H]3O. The summed E-state index contributed by atoms with van der Waals surface area (Å²) < 4.78 is 23.2. The summed E-state index contributed by atoms with van der Waals surface area (Å²) in [7, 11) is 1.22. The number of hydrogen-bond donors (Lipinski definition) is 5. The quantitative estimate of drug-likeness (QED) is 0.225. The van der Waals surface area contributed by atoms with Gasteiger partial charge < -0.3 is 44.4 Å². The minimum Gasteiger partial charge on any atom is -0.483 e. The van der Waals surface area contributed by atoms with Crippen LogP contribution in [0.2, 0.25) is 0 Å². The van der Waals surface area contributed by atoms with Gasteiger partial charge in [-0.2, -0.15) is 0 Å². The van der Waals surface area contributed by atoms with Crippen molar-refractivity contribution in [2.75, 3.05) is 13.7 Å². The molecule has 3 heterocycles. The predicted molar refractivity (Wildman–Crippen MR) is 127 cm³/mol. The maximum atomic E-state index is 12.3. The molecule has 1 spiro atoms. The molecule has 1 saturated carbocycles. The summed E-state index contributed by atoms with van der Waals surface area (Å²) in [5.41, 5.74) is -2.47. The van der Waals surface area contributed by atoms with E-state index in [1.165, 1.54) is 19.4 Å². The Morgan fingerprint density at radius 2 is 2.16 bits per heavy atom. The van der Waals surface area contributed by atoms with Crippen LogP contribution in [0.5, 0.6) is 0 Å². The van der Waals surface area contributed by atoms with Gasteiger partial charge in [0, 0.05) is 28.8 Å². The van der Waals surface area contributed by atoms with Gasteiger partial charge in [-0.15, -0.1) is 6.58 Å². The number of ether oxygens (including phenoxy) is 4. The Hall–Kier alpha value is -2.96. The smallest absolute Gasteiger partial charge is 0.333 e. The molecule has 37 heavy (non-hydrogen) atoms. The molecule has 5 rings (SSSR count). The first kappa shape index (κ1) is 25.7. The van der Waals surface area contributed by atoms with E-state index in [1.807, 2.05) is 6.07 Å². The van der Waals surface area contributed by atoms with Crippen LogP contribution in [0.1, 0.15) is 25.7 Å². The molecule has 0 aromatic carbocycles. The molecule has 4 aliphatic rings. The van der Waals surface area contributed by atoms with Gasteiger partial charge >= 0.3 is 11.9 Å². The number of aromatic amines is 1. The summed E-state index contributed by atoms with van der Waals surface area (Å²) in [6.07, 6.45) is 1.89. The van der Waals surface area contributed by atoms with Gasteiger partial charge in [-0.25, -0.2) is 4.79 Å². The third kappa shape index (κ3) is 3.76. The van der Waals surface area contributed by atoms with Gasteiger partial charge in [-0.3, -0.25) is 4.79 Å². The highest BCUT2D eigenvalue weighted by atomic mass is 16.7. The fraction of sp³-hybridized carbons (Fsp3) is 0.538. The average Bonchev–Trinajstić information content (AvgIpc) is 3.36. The number of carboxylic acids is 1. The van der Waals surface area contributed by atoms with Gasteiger partial charge in [0.2, 0.25) is 0 Å². The average molecular weight is 518 g/mol. The number of esters is 1. The number of carboxylic acid groups (broad SMARTS) is 1. The van der Waals surface area contributed by atoms with Crippen LogP contribution in [0.25, 0.3) is 11.8 Å². The lowest BCUT2D eigenvalue weighted by atomic mass is 9.64. The predicted octanol–water partition coefficient (Wildman–Crippen LogP) is -0.943. The fourth-order valence-electron chi connectivity index (χ4n) is 6.39. The van der Waals surface area contributed by atoms with E-state index in [2.05, 4.69) is 11.6 Å². The minimum atomic E-state index is -1.89. The van der Waals surface area contributed by atoms with Crippen molar-refractivity contribution in [1.29, 1.82) is 0 Å². The van der Waals surface area contributed by atoms with E-state index in [0.29, 0.717) is 6.42 Å². The summed E-state index contributed by atoms with van der Waals surface area (Å²) in [6.45, 7) is 3.30. The van der Waals surface area contributed by atoms with E-state index in [9.17, 15) is 30.0 Å². The first-order chi connectivity index (χ1) is 17.7. The van der Waals surface area contributed by atoms with Crippen molar-refractivity contribution in [3.05, 3.63) is 47.1 Å². The third-order valence-electron chi connectivity index (χ3n) is 8.19. The molecular formula is C26H31NO10. The molecule has 2 aliphatic carbocycles. The molecule has 11 nitrogen and oxygen atoms in total. The fourth-order valence-corrected chi connectivity index (χ4v) is 6.39. The Labute approximate surface area is 212 Å². The highest BCUT2D eigenvalue weighted by Crippen LogP contribution is 2.52. The van der Waals surface area contributed by atoms with E-state index in [4.69, 9.17) is 18.9 Å². The van der Waals surface area contributed by atoms with Crippen LogP contribution in [0.4, 0.5) is 0 Å². The third-order valence-corrected chi connectivity index (χ3v) is 8.19. The number of rotatable bonds is 7. The number of H-pyrrole nitrogens is 1. The number of aliphatic hydroxyl groups excluding tert-OH is 2. The molecular weight excluding hydrogens is 486 g/mol.